The van der Waals surface area contributed by atoms with Gasteiger partial charge < -0.3 is 9.47 Å². The normalized spacial score (nSPS) is 10.5. The molecule has 0 spiro atoms. The van der Waals surface area contributed by atoms with Crippen LogP contribution >= 0.6 is 11.3 Å². The summed E-state index contributed by atoms with van der Waals surface area (Å²) in [6.07, 6.45) is 0. The van der Waals surface area contributed by atoms with Crippen molar-refractivity contribution in [2.75, 3.05) is 19.5 Å². The molecule has 1 amide bonds. The Hall–Kier alpha value is -4.24. The number of ether oxygens (including phenoxy) is 2. The van der Waals surface area contributed by atoms with E-state index in [-0.39, 0.29) is 11.6 Å². The van der Waals surface area contributed by atoms with E-state index in [4.69, 9.17) is 9.47 Å². The lowest BCUT2D eigenvalue weighted by Crippen LogP contribution is -2.12. The second-order valence-electron chi connectivity index (χ2n) is 6.88. The van der Waals surface area contributed by atoms with Crippen LogP contribution in [0.3, 0.4) is 0 Å². The number of thiazole rings is 1. The van der Waals surface area contributed by atoms with Gasteiger partial charge in [0.2, 0.25) is 0 Å². The molecule has 166 valence electrons. The molecule has 33 heavy (non-hydrogen) atoms. The van der Waals surface area contributed by atoms with E-state index in [1.165, 1.54) is 30.6 Å². The summed E-state index contributed by atoms with van der Waals surface area (Å²) in [5.74, 6) is 0.811. The number of anilines is 1. The molecule has 1 heterocycles. The molecule has 8 nitrogen and oxygen atoms in total. The van der Waals surface area contributed by atoms with Crippen molar-refractivity contribution in [3.63, 3.8) is 0 Å². The molecule has 4 rings (SSSR count). The number of nitro benzene ring substituents is 1. The van der Waals surface area contributed by atoms with Crippen molar-refractivity contribution in [3.8, 4) is 33.2 Å². The Balaban J connectivity index is 1.74. The number of aromatic nitrogens is 1. The number of hydrogen-bond donors (Lipinski definition) is 1. The highest BCUT2D eigenvalue weighted by molar-refractivity contribution is 7.19. The molecule has 1 N–H and O–H groups in total. The lowest BCUT2D eigenvalue weighted by molar-refractivity contribution is -0.384. The summed E-state index contributed by atoms with van der Waals surface area (Å²) in [4.78, 5) is 28.9. The standard InChI is InChI=1S/C24H19N3O5S/c1-31-18-13-9-15(10-14-18)21-22(16-7-11-17(12-8-16)27(29)30)33-24(25-21)26-23(28)19-5-3-4-6-20(19)32-2/h3-14H,1-2H3,(H,25,26,28). The monoisotopic (exact) mass is 461 g/mol. The first-order valence-electron chi connectivity index (χ1n) is 9.84. The van der Waals surface area contributed by atoms with E-state index in [9.17, 15) is 14.9 Å². The Morgan fingerprint density at radius 3 is 2.24 bits per heavy atom. The van der Waals surface area contributed by atoms with E-state index >= 15 is 0 Å². The number of nitrogens with zero attached hydrogens (tertiary/aromatic N) is 2. The number of para-hydroxylation sites is 1. The van der Waals surface area contributed by atoms with Gasteiger partial charge in [0.15, 0.2) is 5.13 Å². The molecular weight excluding hydrogens is 442 g/mol. The number of amides is 1. The molecule has 0 saturated heterocycles. The van der Waals surface area contributed by atoms with E-state index < -0.39 is 4.92 Å². The summed E-state index contributed by atoms with van der Waals surface area (Å²) < 4.78 is 10.5. The van der Waals surface area contributed by atoms with Gasteiger partial charge in [0.05, 0.1) is 35.3 Å². The van der Waals surface area contributed by atoms with E-state index in [2.05, 4.69) is 10.3 Å². The van der Waals surface area contributed by atoms with Crippen molar-refractivity contribution in [1.29, 1.82) is 0 Å². The van der Waals surface area contributed by atoms with E-state index in [0.717, 1.165) is 16.0 Å². The van der Waals surface area contributed by atoms with Gasteiger partial charge in [-0.05, 0) is 54.1 Å². The fourth-order valence-corrected chi connectivity index (χ4v) is 4.23. The van der Waals surface area contributed by atoms with Gasteiger partial charge in [-0.3, -0.25) is 20.2 Å². The van der Waals surface area contributed by atoms with Crippen molar-refractivity contribution in [2.45, 2.75) is 0 Å². The first-order chi connectivity index (χ1) is 16.0. The largest absolute Gasteiger partial charge is 0.497 e. The maximum absolute atomic E-state index is 12.9. The summed E-state index contributed by atoms with van der Waals surface area (Å²) in [6, 6.07) is 20.5. The smallest absolute Gasteiger partial charge is 0.269 e. The van der Waals surface area contributed by atoms with Crippen LogP contribution in [-0.2, 0) is 0 Å². The number of hydrogen-bond acceptors (Lipinski definition) is 7. The zero-order chi connectivity index (χ0) is 23.4. The van der Waals surface area contributed by atoms with Gasteiger partial charge in [-0.2, -0.15) is 0 Å². The fourth-order valence-electron chi connectivity index (χ4n) is 3.24. The minimum absolute atomic E-state index is 0.000961. The van der Waals surface area contributed by atoms with Crippen LogP contribution in [0.25, 0.3) is 21.7 Å². The van der Waals surface area contributed by atoms with Gasteiger partial charge in [0.1, 0.15) is 11.5 Å². The minimum atomic E-state index is -0.445. The van der Waals surface area contributed by atoms with Gasteiger partial charge in [-0.1, -0.05) is 23.5 Å². The number of nitrogens with one attached hydrogen (secondary N) is 1. The zero-order valence-corrected chi connectivity index (χ0v) is 18.6. The Bertz CT molecular complexity index is 1300. The predicted octanol–water partition coefficient (Wildman–Crippen LogP) is 5.65. The van der Waals surface area contributed by atoms with Crippen molar-refractivity contribution in [1.82, 2.24) is 4.98 Å². The summed E-state index contributed by atoms with van der Waals surface area (Å²) in [7, 11) is 3.09. The summed E-state index contributed by atoms with van der Waals surface area (Å²) in [5.41, 5.74) is 2.60. The SMILES string of the molecule is COc1ccc(-c2nc(NC(=O)c3ccccc3OC)sc2-c2ccc([N+](=O)[O-])cc2)cc1. The van der Waals surface area contributed by atoms with Crippen molar-refractivity contribution in [3.05, 3.63) is 88.5 Å². The number of benzene rings is 3. The van der Waals surface area contributed by atoms with Crippen molar-refractivity contribution >= 4 is 28.1 Å². The molecule has 0 radical (unpaired) electrons. The third-order valence-electron chi connectivity index (χ3n) is 4.90. The molecule has 0 aliphatic rings. The van der Waals surface area contributed by atoms with Gasteiger partial charge >= 0.3 is 0 Å². The van der Waals surface area contributed by atoms with Crippen LogP contribution in [0.4, 0.5) is 10.8 Å². The van der Waals surface area contributed by atoms with Crippen molar-refractivity contribution < 1.29 is 19.2 Å². The van der Waals surface area contributed by atoms with Crippen LogP contribution in [0.1, 0.15) is 10.4 Å². The van der Waals surface area contributed by atoms with Crippen LogP contribution < -0.4 is 14.8 Å². The summed E-state index contributed by atoms with van der Waals surface area (Å²) >= 11 is 1.28. The highest BCUT2D eigenvalue weighted by Crippen LogP contribution is 2.40. The minimum Gasteiger partial charge on any atom is -0.497 e. The molecule has 3 aromatic carbocycles. The van der Waals surface area contributed by atoms with Gasteiger partial charge in [-0.15, -0.1) is 0 Å². The molecule has 0 aliphatic carbocycles. The molecule has 0 aliphatic heterocycles. The number of methoxy groups -OCH3 is 2. The number of non-ortho nitro benzene ring substituents is 1. The van der Waals surface area contributed by atoms with E-state index in [1.54, 1.807) is 43.5 Å². The Morgan fingerprint density at radius 2 is 1.61 bits per heavy atom. The number of carbonyl (C=O) groups is 1. The highest BCUT2D eigenvalue weighted by Gasteiger charge is 2.19. The van der Waals surface area contributed by atoms with Crippen LogP contribution in [0, 0.1) is 10.1 Å². The fraction of sp³-hybridized carbons (Fsp3) is 0.0833. The molecule has 1 aromatic heterocycles. The molecule has 9 heteroatoms. The average Bonchev–Trinajstić information content (AvgIpc) is 3.27. The summed E-state index contributed by atoms with van der Waals surface area (Å²) in [6.45, 7) is 0. The number of rotatable bonds is 7. The van der Waals surface area contributed by atoms with Crippen molar-refractivity contribution in [2.24, 2.45) is 0 Å². The molecular formula is C24H19N3O5S. The Kier molecular flexibility index (Phi) is 6.32. The van der Waals surface area contributed by atoms with E-state index in [1.807, 2.05) is 24.3 Å². The molecule has 0 saturated carbocycles. The zero-order valence-electron chi connectivity index (χ0n) is 17.8. The lowest BCUT2D eigenvalue weighted by atomic mass is 10.1. The van der Waals surface area contributed by atoms with Crippen LogP contribution in [0.2, 0.25) is 0 Å². The first kappa shape index (κ1) is 22.0. The maximum Gasteiger partial charge on any atom is 0.269 e. The second-order valence-corrected chi connectivity index (χ2v) is 7.88. The average molecular weight is 461 g/mol. The third-order valence-corrected chi connectivity index (χ3v) is 5.92. The maximum atomic E-state index is 12.9. The summed E-state index contributed by atoms with van der Waals surface area (Å²) in [5, 5.41) is 14.3. The second kappa shape index (κ2) is 9.49. The molecule has 0 unspecified atom stereocenters. The molecule has 0 bridgehead atoms. The highest BCUT2D eigenvalue weighted by atomic mass is 32.1. The third kappa shape index (κ3) is 4.68. The quantitative estimate of drug-likeness (QED) is 0.282. The first-order valence-corrected chi connectivity index (χ1v) is 10.7. The van der Waals surface area contributed by atoms with Gasteiger partial charge in [0.25, 0.3) is 11.6 Å². The number of carbonyl (C=O) groups excluding carboxylic acids is 1. The lowest BCUT2D eigenvalue weighted by Gasteiger charge is -2.07. The predicted molar refractivity (Wildman–Crippen MR) is 127 cm³/mol. The van der Waals surface area contributed by atoms with Gasteiger partial charge in [0, 0.05) is 17.7 Å². The molecule has 0 atom stereocenters. The molecule has 4 aromatic rings. The Morgan fingerprint density at radius 1 is 0.939 bits per heavy atom. The number of nitro groups is 1. The molecule has 0 fully saturated rings. The Labute approximate surface area is 193 Å². The van der Waals surface area contributed by atoms with Crippen LogP contribution in [0.15, 0.2) is 72.8 Å². The topological polar surface area (TPSA) is 104 Å². The van der Waals surface area contributed by atoms with Crippen LogP contribution in [-0.4, -0.2) is 30.0 Å². The van der Waals surface area contributed by atoms with Gasteiger partial charge in [-0.25, -0.2) is 4.98 Å². The van der Waals surface area contributed by atoms with E-state index in [0.29, 0.717) is 27.9 Å². The van der Waals surface area contributed by atoms with Crippen LogP contribution in [0.5, 0.6) is 11.5 Å².